The summed E-state index contributed by atoms with van der Waals surface area (Å²) in [5, 5.41) is 0. The van der Waals surface area contributed by atoms with Crippen molar-refractivity contribution in [3.8, 4) is 0 Å². The van der Waals surface area contributed by atoms with Gasteiger partial charge in [-0.3, -0.25) is 9.78 Å². The van der Waals surface area contributed by atoms with Gasteiger partial charge in [-0.2, -0.15) is 0 Å². The standard InChI is InChI=1S/C10H12N2O/c11-10(13)8-5-6-12-9-4-2-1-3-7(8)9/h5-6H,1-4H2,(H2,11,13). The van der Waals surface area contributed by atoms with Gasteiger partial charge in [0.1, 0.15) is 0 Å². The quantitative estimate of drug-likeness (QED) is 0.695. The molecule has 3 heteroatoms. The van der Waals surface area contributed by atoms with E-state index >= 15 is 0 Å². The highest BCUT2D eigenvalue weighted by molar-refractivity contribution is 5.94. The van der Waals surface area contributed by atoms with E-state index in [1.165, 1.54) is 6.42 Å². The third kappa shape index (κ3) is 1.41. The van der Waals surface area contributed by atoms with Gasteiger partial charge in [-0.25, -0.2) is 0 Å². The summed E-state index contributed by atoms with van der Waals surface area (Å²) in [5.41, 5.74) is 8.06. The Kier molecular flexibility index (Phi) is 2.00. The average Bonchev–Trinajstić information content (AvgIpc) is 2.17. The van der Waals surface area contributed by atoms with Gasteiger partial charge in [0.2, 0.25) is 5.91 Å². The minimum atomic E-state index is -0.333. The number of primary amides is 1. The normalized spacial score (nSPS) is 15.1. The monoisotopic (exact) mass is 176 g/mol. The van der Waals surface area contributed by atoms with Crippen molar-refractivity contribution in [3.63, 3.8) is 0 Å². The Morgan fingerprint density at radius 2 is 2.15 bits per heavy atom. The Bertz CT molecular complexity index is 347. The lowest BCUT2D eigenvalue weighted by Crippen LogP contribution is -2.17. The second kappa shape index (κ2) is 3.17. The molecule has 1 heterocycles. The molecule has 13 heavy (non-hydrogen) atoms. The lowest BCUT2D eigenvalue weighted by Gasteiger charge is -2.16. The lowest BCUT2D eigenvalue weighted by molar-refractivity contribution is 0.0999. The van der Waals surface area contributed by atoms with Crippen LogP contribution in [-0.2, 0) is 12.8 Å². The zero-order valence-corrected chi connectivity index (χ0v) is 7.42. The van der Waals surface area contributed by atoms with Crippen LogP contribution in [0.25, 0.3) is 0 Å². The molecule has 1 aromatic heterocycles. The van der Waals surface area contributed by atoms with Gasteiger partial charge in [0.05, 0.1) is 0 Å². The number of rotatable bonds is 1. The highest BCUT2D eigenvalue weighted by atomic mass is 16.1. The number of hydrogen-bond acceptors (Lipinski definition) is 2. The Hall–Kier alpha value is -1.38. The number of carbonyl (C=O) groups is 1. The largest absolute Gasteiger partial charge is 0.366 e. The summed E-state index contributed by atoms with van der Waals surface area (Å²) in [5.74, 6) is -0.333. The molecule has 0 atom stereocenters. The number of aryl methyl sites for hydroxylation is 1. The number of fused-ring (bicyclic) bond motifs is 1. The number of nitrogens with two attached hydrogens (primary N) is 1. The van der Waals surface area contributed by atoms with Crippen LogP contribution in [0, 0.1) is 0 Å². The minimum Gasteiger partial charge on any atom is -0.366 e. The van der Waals surface area contributed by atoms with E-state index in [4.69, 9.17) is 5.73 Å². The van der Waals surface area contributed by atoms with Gasteiger partial charge in [0.25, 0.3) is 0 Å². The fourth-order valence-electron chi connectivity index (χ4n) is 1.86. The van der Waals surface area contributed by atoms with Gasteiger partial charge < -0.3 is 5.73 Å². The molecule has 0 radical (unpaired) electrons. The van der Waals surface area contributed by atoms with Gasteiger partial charge in [-0.15, -0.1) is 0 Å². The Morgan fingerprint density at radius 3 is 2.92 bits per heavy atom. The molecule has 0 spiro atoms. The van der Waals surface area contributed by atoms with Crippen molar-refractivity contribution in [2.75, 3.05) is 0 Å². The number of carbonyl (C=O) groups excluding carboxylic acids is 1. The Labute approximate surface area is 77.0 Å². The summed E-state index contributed by atoms with van der Waals surface area (Å²) in [6.07, 6.45) is 5.91. The first-order chi connectivity index (χ1) is 6.29. The van der Waals surface area contributed by atoms with E-state index in [1.807, 2.05) is 0 Å². The summed E-state index contributed by atoms with van der Waals surface area (Å²) < 4.78 is 0. The molecule has 1 aromatic rings. The van der Waals surface area contributed by atoms with Crippen molar-refractivity contribution in [2.45, 2.75) is 25.7 Å². The third-order valence-corrected chi connectivity index (χ3v) is 2.50. The lowest BCUT2D eigenvalue weighted by atomic mass is 9.92. The summed E-state index contributed by atoms with van der Waals surface area (Å²) >= 11 is 0. The van der Waals surface area contributed by atoms with Crippen molar-refractivity contribution < 1.29 is 4.79 Å². The first-order valence-corrected chi connectivity index (χ1v) is 4.55. The van der Waals surface area contributed by atoms with Gasteiger partial charge in [0.15, 0.2) is 0 Å². The second-order valence-electron chi connectivity index (χ2n) is 3.36. The maximum Gasteiger partial charge on any atom is 0.249 e. The molecule has 1 amide bonds. The molecule has 3 nitrogen and oxygen atoms in total. The first kappa shape index (κ1) is 8.23. The van der Waals surface area contributed by atoms with Gasteiger partial charge in [0, 0.05) is 17.5 Å². The van der Waals surface area contributed by atoms with E-state index in [-0.39, 0.29) is 5.91 Å². The second-order valence-corrected chi connectivity index (χ2v) is 3.36. The van der Waals surface area contributed by atoms with Crippen LogP contribution in [0.5, 0.6) is 0 Å². The van der Waals surface area contributed by atoms with Gasteiger partial charge >= 0.3 is 0 Å². The highest BCUT2D eigenvalue weighted by Crippen LogP contribution is 2.21. The topological polar surface area (TPSA) is 56.0 Å². The molecule has 2 rings (SSSR count). The van der Waals surface area contributed by atoms with Crippen molar-refractivity contribution >= 4 is 5.91 Å². The van der Waals surface area contributed by atoms with E-state index in [2.05, 4.69) is 4.98 Å². The van der Waals surface area contributed by atoms with Crippen LogP contribution >= 0.6 is 0 Å². The number of amides is 1. The van der Waals surface area contributed by atoms with E-state index in [1.54, 1.807) is 12.3 Å². The number of pyridine rings is 1. The third-order valence-electron chi connectivity index (χ3n) is 2.50. The molecule has 68 valence electrons. The van der Waals surface area contributed by atoms with E-state index in [0.717, 1.165) is 30.5 Å². The average molecular weight is 176 g/mol. The molecule has 0 aliphatic heterocycles. The maximum absolute atomic E-state index is 11.1. The van der Waals surface area contributed by atoms with Crippen LogP contribution in [0.1, 0.15) is 34.5 Å². The van der Waals surface area contributed by atoms with Crippen molar-refractivity contribution in [1.82, 2.24) is 4.98 Å². The summed E-state index contributed by atoms with van der Waals surface area (Å²) in [7, 11) is 0. The van der Waals surface area contributed by atoms with Crippen LogP contribution in [0.3, 0.4) is 0 Å². The van der Waals surface area contributed by atoms with Crippen LogP contribution in [0.4, 0.5) is 0 Å². The fraction of sp³-hybridized carbons (Fsp3) is 0.400. The van der Waals surface area contributed by atoms with E-state index < -0.39 is 0 Å². The first-order valence-electron chi connectivity index (χ1n) is 4.55. The molecule has 0 saturated heterocycles. The molecule has 0 aromatic carbocycles. The van der Waals surface area contributed by atoms with Crippen LogP contribution in [0.2, 0.25) is 0 Å². The molecular formula is C10H12N2O. The molecule has 0 bridgehead atoms. The number of nitrogens with zero attached hydrogens (tertiary/aromatic N) is 1. The molecule has 1 aliphatic carbocycles. The molecule has 0 fully saturated rings. The van der Waals surface area contributed by atoms with Crippen LogP contribution in [0.15, 0.2) is 12.3 Å². The Balaban J connectivity index is 2.52. The predicted octanol–water partition coefficient (Wildman–Crippen LogP) is 1.06. The van der Waals surface area contributed by atoms with Crippen LogP contribution < -0.4 is 5.73 Å². The molecule has 2 N–H and O–H groups in total. The zero-order valence-electron chi connectivity index (χ0n) is 7.42. The molecule has 0 saturated carbocycles. The maximum atomic E-state index is 11.1. The van der Waals surface area contributed by atoms with E-state index in [0.29, 0.717) is 5.56 Å². The van der Waals surface area contributed by atoms with Gasteiger partial charge in [-0.05, 0) is 37.3 Å². The number of aromatic nitrogens is 1. The minimum absolute atomic E-state index is 0.333. The number of hydrogen-bond donors (Lipinski definition) is 1. The smallest absolute Gasteiger partial charge is 0.249 e. The van der Waals surface area contributed by atoms with Crippen LogP contribution in [-0.4, -0.2) is 10.9 Å². The van der Waals surface area contributed by atoms with Gasteiger partial charge in [-0.1, -0.05) is 0 Å². The van der Waals surface area contributed by atoms with Crippen molar-refractivity contribution in [1.29, 1.82) is 0 Å². The summed E-state index contributed by atoms with van der Waals surface area (Å²) in [6, 6.07) is 1.71. The van der Waals surface area contributed by atoms with Crippen molar-refractivity contribution in [2.24, 2.45) is 5.73 Å². The van der Waals surface area contributed by atoms with Crippen molar-refractivity contribution in [3.05, 3.63) is 29.1 Å². The predicted molar refractivity (Wildman–Crippen MR) is 49.4 cm³/mol. The van der Waals surface area contributed by atoms with E-state index in [9.17, 15) is 4.79 Å². The highest BCUT2D eigenvalue weighted by Gasteiger charge is 2.16. The molecular weight excluding hydrogens is 164 g/mol. The molecule has 1 aliphatic rings. The summed E-state index contributed by atoms with van der Waals surface area (Å²) in [6.45, 7) is 0. The molecule has 0 unspecified atom stereocenters. The zero-order chi connectivity index (χ0) is 9.26. The summed E-state index contributed by atoms with van der Waals surface area (Å²) in [4.78, 5) is 15.3. The SMILES string of the molecule is NC(=O)c1ccnc2c1CCCC2. The fourth-order valence-corrected chi connectivity index (χ4v) is 1.86. The Morgan fingerprint density at radius 1 is 1.38 bits per heavy atom.